The summed E-state index contributed by atoms with van der Waals surface area (Å²) in [6, 6.07) is 13.1. The highest BCUT2D eigenvalue weighted by Crippen LogP contribution is 2.29. The number of para-hydroxylation sites is 1. The number of esters is 1. The highest BCUT2D eigenvalue weighted by atomic mass is 32.2. The van der Waals surface area contributed by atoms with Gasteiger partial charge in [-0.05, 0) is 30.5 Å². The molecule has 0 radical (unpaired) electrons. The first-order valence-electron chi connectivity index (χ1n) is 7.15. The Balaban J connectivity index is 1.97. The Morgan fingerprint density at radius 3 is 2.40 bits per heavy atom. The lowest BCUT2D eigenvalue weighted by Crippen LogP contribution is -2.21. The Bertz CT molecular complexity index is 756. The molecular formula is C17H15F2NO3S2. The molecular weight excluding hydrogens is 368 g/mol. The van der Waals surface area contributed by atoms with E-state index in [-0.39, 0.29) is 22.2 Å². The molecule has 132 valence electrons. The molecule has 4 nitrogen and oxygen atoms in total. The third-order valence-corrected chi connectivity index (χ3v) is 4.62. The van der Waals surface area contributed by atoms with Crippen LogP contribution in [0.25, 0.3) is 0 Å². The molecule has 0 aliphatic heterocycles. The minimum Gasteiger partial charge on any atom is -0.452 e. The van der Waals surface area contributed by atoms with Crippen LogP contribution in [0.1, 0.15) is 10.4 Å². The molecule has 0 aliphatic rings. The third-order valence-electron chi connectivity index (χ3n) is 3.04. The highest BCUT2D eigenvalue weighted by Gasteiger charge is 2.17. The van der Waals surface area contributed by atoms with Gasteiger partial charge in [0, 0.05) is 9.79 Å². The van der Waals surface area contributed by atoms with Crippen molar-refractivity contribution in [2.75, 3.05) is 18.2 Å². The summed E-state index contributed by atoms with van der Waals surface area (Å²) >= 11 is 1.73. The van der Waals surface area contributed by atoms with Gasteiger partial charge < -0.3 is 10.1 Å². The van der Waals surface area contributed by atoms with Crippen LogP contribution in [0.4, 0.5) is 14.5 Å². The maximum atomic E-state index is 12.5. The van der Waals surface area contributed by atoms with Gasteiger partial charge in [0.15, 0.2) is 6.61 Å². The van der Waals surface area contributed by atoms with Crippen molar-refractivity contribution in [1.82, 2.24) is 0 Å². The zero-order valence-corrected chi connectivity index (χ0v) is 14.8. The van der Waals surface area contributed by atoms with Gasteiger partial charge in [0.25, 0.3) is 11.7 Å². The molecule has 0 unspecified atom stereocenters. The Morgan fingerprint density at radius 2 is 1.72 bits per heavy atom. The van der Waals surface area contributed by atoms with Crippen LogP contribution in [0.5, 0.6) is 0 Å². The van der Waals surface area contributed by atoms with Crippen LogP contribution in [0.3, 0.4) is 0 Å². The molecule has 2 aromatic rings. The van der Waals surface area contributed by atoms with Crippen molar-refractivity contribution in [2.45, 2.75) is 15.5 Å². The van der Waals surface area contributed by atoms with Crippen LogP contribution in [-0.4, -0.2) is 30.5 Å². The molecule has 0 aromatic heterocycles. The smallest absolute Gasteiger partial charge is 0.339 e. The number of hydrogen-bond donors (Lipinski definition) is 1. The molecule has 0 heterocycles. The number of alkyl halides is 2. The van der Waals surface area contributed by atoms with Gasteiger partial charge in [-0.2, -0.15) is 8.78 Å². The Kier molecular flexibility index (Phi) is 7.27. The van der Waals surface area contributed by atoms with Crippen molar-refractivity contribution in [3.8, 4) is 0 Å². The summed E-state index contributed by atoms with van der Waals surface area (Å²) in [5.74, 6) is -3.98. The van der Waals surface area contributed by atoms with E-state index < -0.39 is 24.2 Å². The number of ether oxygens (including phenoxy) is 1. The number of rotatable bonds is 7. The van der Waals surface area contributed by atoms with Gasteiger partial charge in [0.05, 0.1) is 11.3 Å². The largest absolute Gasteiger partial charge is 0.452 e. The van der Waals surface area contributed by atoms with Crippen molar-refractivity contribution >= 4 is 41.1 Å². The maximum absolute atomic E-state index is 12.5. The predicted molar refractivity (Wildman–Crippen MR) is 95.4 cm³/mol. The van der Waals surface area contributed by atoms with Crippen LogP contribution < -0.4 is 5.32 Å². The number of carbonyl (C=O) groups is 2. The standard InChI is InChI=1S/C17H15F2NO3S2/c1-24-14-9-5-3-7-12(14)20-15(21)10-23-16(22)11-6-2-4-8-13(11)25-17(18)19/h2-9,17H,10H2,1H3,(H,20,21). The highest BCUT2D eigenvalue weighted by molar-refractivity contribution is 7.99. The minimum absolute atomic E-state index is 0.00474. The lowest BCUT2D eigenvalue weighted by molar-refractivity contribution is -0.119. The first-order chi connectivity index (χ1) is 12.0. The van der Waals surface area contributed by atoms with Gasteiger partial charge >= 0.3 is 5.97 Å². The fourth-order valence-corrected chi connectivity index (χ4v) is 3.16. The lowest BCUT2D eigenvalue weighted by Gasteiger charge is -2.11. The normalized spacial score (nSPS) is 10.6. The molecule has 0 saturated heterocycles. The number of anilines is 1. The minimum atomic E-state index is -2.65. The summed E-state index contributed by atoms with van der Waals surface area (Å²) in [6.45, 7) is -0.505. The van der Waals surface area contributed by atoms with Gasteiger partial charge in [-0.15, -0.1) is 11.8 Å². The van der Waals surface area contributed by atoms with Gasteiger partial charge in [-0.1, -0.05) is 36.0 Å². The zero-order valence-electron chi connectivity index (χ0n) is 13.2. The van der Waals surface area contributed by atoms with Crippen LogP contribution in [0.2, 0.25) is 0 Å². The van der Waals surface area contributed by atoms with Gasteiger partial charge in [0.1, 0.15) is 0 Å². The molecule has 0 atom stereocenters. The van der Waals surface area contributed by atoms with Crippen molar-refractivity contribution in [1.29, 1.82) is 0 Å². The topological polar surface area (TPSA) is 55.4 Å². The average Bonchev–Trinajstić information content (AvgIpc) is 2.60. The Hall–Kier alpha value is -2.06. The number of benzene rings is 2. The third kappa shape index (κ3) is 5.75. The van der Waals surface area contributed by atoms with Crippen LogP contribution in [0.15, 0.2) is 58.3 Å². The van der Waals surface area contributed by atoms with Crippen molar-refractivity contribution in [2.24, 2.45) is 0 Å². The molecule has 25 heavy (non-hydrogen) atoms. The molecule has 1 N–H and O–H groups in total. The van der Waals surface area contributed by atoms with Crippen LogP contribution in [0, 0.1) is 0 Å². The first-order valence-corrected chi connectivity index (χ1v) is 9.25. The van der Waals surface area contributed by atoms with Gasteiger partial charge in [-0.3, -0.25) is 4.79 Å². The van der Waals surface area contributed by atoms with Crippen LogP contribution >= 0.6 is 23.5 Å². The monoisotopic (exact) mass is 383 g/mol. The fourth-order valence-electron chi connectivity index (χ4n) is 1.98. The molecule has 1 amide bonds. The van der Waals surface area contributed by atoms with Gasteiger partial charge in [-0.25, -0.2) is 4.79 Å². The number of carbonyl (C=O) groups excluding carboxylic acids is 2. The summed E-state index contributed by atoms with van der Waals surface area (Å²) in [5.41, 5.74) is 0.620. The average molecular weight is 383 g/mol. The molecule has 2 rings (SSSR count). The summed E-state index contributed by atoms with van der Waals surface area (Å²) in [4.78, 5) is 25.0. The lowest BCUT2D eigenvalue weighted by atomic mass is 10.2. The second-order valence-corrected chi connectivity index (χ2v) is 6.58. The molecule has 0 bridgehead atoms. The second kappa shape index (κ2) is 9.43. The van der Waals surface area contributed by atoms with Crippen molar-refractivity contribution < 1.29 is 23.1 Å². The quantitative estimate of drug-likeness (QED) is 0.563. The molecule has 0 spiro atoms. The van der Waals surface area contributed by atoms with E-state index in [2.05, 4.69) is 5.32 Å². The van der Waals surface area contributed by atoms with E-state index in [4.69, 9.17) is 4.74 Å². The van der Waals surface area contributed by atoms with Gasteiger partial charge in [0.2, 0.25) is 0 Å². The van der Waals surface area contributed by atoms with Crippen molar-refractivity contribution in [3.05, 3.63) is 54.1 Å². The van der Waals surface area contributed by atoms with E-state index in [0.717, 1.165) is 4.90 Å². The number of thioether (sulfide) groups is 2. The van der Waals surface area contributed by atoms with E-state index in [1.54, 1.807) is 24.3 Å². The Labute approximate surface area is 152 Å². The number of halogens is 2. The first kappa shape index (κ1) is 19.3. The number of hydrogen-bond acceptors (Lipinski definition) is 5. The SMILES string of the molecule is CSc1ccccc1NC(=O)COC(=O)c1ccccc1SC(F)F. The zero-order chi connectivity index (χ0) is 18.2. The predicted octanol–water partition coefficient (Wildman–Crippen LogP) is 4.52. The van der Waals surface area contributed by atoms with E-state index >= 15 is 0 Å². The van der Waals surface area contributed by atoms with E-state index in [0.29, 0.717) is 5.69 Å². The molecule has 2 aromatic carbocycles. The molecule has 0 aliphatic carbocycles. The fraction of sp³-hybridized carbons (Fsp3) is 0.176. The summed E-state index contributed by atoms with van der Waals surface area (Å²) in [7, 11) is 0. The van der Waals surface area contributed by atoms with E-state index in [9.17, 15) is 18.4 Å². The van der Waals surface area contributed by atoms with E-state index in [1.165, 1.54) is 23.9 Å². The number of amides is 1. The molecule has 0 saturated carbocycles. The summed E-state index contributed by atoms with van der Waals surface area (Å²) in [6.07, 6.45) is 1.88. The number of nitrogens with one attached hydrogen (secondary N) is 1. The van der Waals surface area contributed by atoms with Crippen LogP contribution in [-0.2, 0) is 9.53 Å². The second-order valence-electron chi connectivity index (χ2n) is 4.70. The summed E-state index contributed by atoms with van der Waals surface area (Å²) in [5, 5.41) is 2.65. The van der Waals surface area contributed by atoms with E-state index in [1.807, 2.05) is 18.4 Å². The summed E-state index contributed by atoms with van der Waals surface area (Å²) < 4.78 is 30.0. The molecule has 8 heteroatoms. The molecule has 0 fully saturated rings. The maximum Gasteiger partial charge on any atom is 0.339 e. The Morgan fingerprint density at radius 1 is 1.08 bits per heavy atom. The van der Waals surface area contributed by atoms with Crippen molar-refractivity contribution in [3.63, 3.8) is 0 Å².